The highest BCUT2D eigenvalue weighted by molar-refractivity contribution is 8.00. The second-order valence-electron chi connectivity index (χ2n) is 8.32. The van der Waals surface area contributed by atoms with Gasteiger partial charge in [0.05, 0.1) is 33.8 Å². The maximum absolute atomic E-state index is 12.3. The summed E-state index contributed by atoms with van der Waals surface area (Å²) in [6.07, 6.45) is 0.750. The molecule has 6 N–H and O–H groups in total. The van der Waals surface area contributed by atoms with Gasteiger partial charge in [-0.25, -0.2) is 9.97 Å². The number of thioether (sulfide) groups is 2. The van der Waals surface area contributed by atoms with Gasteiger partial charge in [-0.15, -0.1) is 0 Å². The number of nitrogens with two attached hydrogens (primary N) is 2. The Kier molecular flexibility index (Phi) is 12.8. The molecular weight excluding hydrogens is 591 g/mol. The summed E-state index contributed by atoms with van der Waals surface area (Å²) < 4.78 is 0. The maximum Gasteiger partial charge on any atom is 0.234 e. The fourth-order valence-electron chi connectivity index (χ4n) is 2.88. The van der Waals surface area contributed by atoms with Gasteiger partial charge in [0, 0.05) is 25.5 Å². The van der Waals surface area contributed by atoms with Crippen LogP contribution in [0.15, 0.2) is 46.5 Å². The van der Waals surface area contributed by atoms with Crippen molar-refractivity contribution < 1.29 is 14.4 Å². The molecule has 3 aromatic rings. The number of aromatic nitrogens is 2. The van der Waals surface area contributed by atoms with E-state index in [2.05, 4.69) is 20.6 Å². The van der Waals surface area contributed by atoms with Crippen molar-refractivity contribution >= 4 is 64.8 Å². The smallest absolute Gasteiger partial charge is 0.234 e. The molecule has 0 spiro atoms. The van der Waals surface area contributed by atoms with Crippen molar-refractivity contribution in [2.75, 3.05) is 47.7 Å². The van der Waals surface area contributed by atoms with Gasteiger partial charge >= 0.3 is 0 Å². The summed E-state index contributed by atoms with van der Waals surface area (Å²) in [5.41, 5.74) is 12.8. The molecule has 0 radical (unpaired) electrons. The molecular formula is C27H23N11O3S2. The number of rotatable bonds is 9. The van der Waals surface area contributed by atoms with Crippen molar-refractivity contribution in [3.05, 3.63) is 58.7 Å². The second kappa shape index (κ2) is 16.5. The third-order valence-electron chi connectivity index (χ3n) is 4.86. The Morgan fingerprint density at radius 3 is 1.37 bits per heavy atom. The van der Waals surface area contributed by atoms with Crippen LogP contribution in [0.1, 0.15) is 22.3 Å². The summed E-state index contributed by atoms with van der Waals surface area (Å²) in [6, 6.07) is 16.6. The number of anilines is 4. The van der Waals surface area contributed by atoms with Gasteiger partial charge in [-0.3, -0.25) is 14.4 Å². The van der Waals surface area contributed by atoms with Crippen LogP contribution >= 0.6 is 23.5 Å². The number of hydrogen-bond donors (Lipinski definition) is 4. The van der Waals surface area contributed by atoms with Crippen LogP contribution in [0.3, 0.4) is 0 Å². The van der Waals surface area contributed by atoms with E-state index in [-0.39, 0.29) is 67.3 Å². The molecule has 0 atom stereocenters. The average molecular weight is 614 g/mol. The van der Waals surface area contributed by atoms with E-state index in [9.17, 15) is 24.9 Å². The van der Waals surface area contributed by atoms with Crippen LogP contribution in [0.4, 0.5) is 23.0 Å². The first kappa shape index (κ1) is 33.4. The van der Waals surface area contributed by atoms with Crippen molar-refractivity contribution in [2.24, 2.45) is 0 Å². The van der Waals surface area contributed by atoms with Gasteiger partial charge in [-0.2, -0.15) is 21.0 Å². The van der Waals surface area contributed by atoms with Gasteiger partial charge in [0.25, 0.3) is 0 Å². The van der Waals surface area contributed by atoms with Crippen LogP contribution in [0.25, 0.3) is 0 Å². The average Bonchev–Trinajstić information content (AvgIpc) is 3.00. The fraction of sp³-hybridized carbons (Fsp3) is 0.148. The third kappa shape index (κ3) is 10.3. The predicted molar refractivity (Wildman–Crippen MR) is 161 cm³/mol. The van der Waals surface area contributed by atoms with Crippen molar-refractivity contribution in [3.8, 4) is 24.3 Å². The fourth-order valence-corrected chi connectivity index (χ4v) is 4.40. The minimum atomic E-state index is -0.362. The summed E-state index contributed by atoms with van der Waals surface area (Å²) >= 11 is 2.02. The minimum absolute atomic E-state index is 0.0201. The van der Waals surface area contributed by atoms with E-state index >= 15 is 0 Å². The van der Waals surface area contributed by atoms with Crippen LogP contribution in [-0.4, -0.2) is 58.7 Å². The number of nitrogens with zero attached hydrogens (tertiary/aromatic N) is 7. The molecule has 0 unspecified atom stereocenters. The Morgan fingerprint density at radius 2 is 1.09 bits per heavy atom. The zero-order valence-corrected chi connectivity index (χ0v) is 24.4. The Bertz CT molecular complexity index is 1560. The van der Waals surface area contributed by atoms with E-state index in [0.29, 0.717) is 11.4 Å². The van der Waals surface area contributed by atoms with Crippen LogP contribution in [0.5, 0.6) is 0 Å². The van der Waals surface area contributed by atoms with E-state index in [1.807, 2.05) is 24.3 Å². The molecule has 0 aliphatic heterocycles. The van der Waals surface area contributed by atoms with Gasteiger partial charge in [0.2, 0.25) is 18.2 Å². The highest BCUT2D eigenvalue weighted by Crippen LogP contribution is 2.25. The van der Waals surface area contributed by atoms with Crippen molar-refractivity contribution in [1.29, 1.82) is 21.0 Å². The van der Waals surface area contributed by atoms with E-state index in [0.717, 1.165) is 29.9 Å². The number of nitriles is 4. The van der Waals surface area contributed by atoms with Crippen molar-refractivity contribution in [1.82, 2.24) is 14.9 Å². The first-order valence-corrected chi connectivity index (χ1v) is 13.8. The second-order valence-corrected chi connectivity index (χ2v) is 10.2. The number of hydrogen-bond acceptors (Lipinski definition) is 13. The monoisotopic (exact) mass is 613 g/mol. The van der Waals surface area contributed by atoms with Crippen LogP contribution in [0, 0.1) is 45.3 Å². The molecule has 3 amide bonds. The SMILES string of the molecule is CN(C)C=O.N#Cc1cc(C#N)c(SCC(=O)Nc2ccc(NC(=O)CSc3nc(N)c(C#N)cc3C#N)cc2)nc1N. The van der Waals surface area contributed by atoms with E-state index in [4.69, 9.17) is 22.0 Å². The largest absolute Gasteiger partial charge is 0.383 e. The standard InChI is InChI=1S/C24H16N10O2S2.C3H7NO/c25-7-13-5-15(9-27)23(33-21(13)29)37-11-19(35)31-17-1-2-18(4-3-17)32-20(36)12-38-24-16(10-28)6-14(8-26)22(30)34-24;1-4(2)3-5/h1-6H,11-12H2,(H2,29,33)(H2,30,34)(H,31,35)(H,32,36);3H,1-2H3. The quantitative estimate of drug-likeness (QED) is 0.200. The molecule has 0 aliphatic carbocycles. The van der Waals surface area contributed by atoms with Crippen LogP contribution in [-0.2, 0) is 14.4 Å². The summed E-state index contributed by atoms with van der Waals surface area (Å²) in [5, 5.41) is 42.4. The zero-order valence-electron chi connectivity index (χ0n) is 22.8. The molecule has 14 nitrogen and oxygen atoms in total. The molecule has 0 saturated heterocycles. The Morgan fingerprint density at radius 1 is 0.767 bits per heavy atom. The van der Waals surface area contributed by atoms with Crippen LogP contribution in [0.2, 0.25) is 0 Å². The maximum atomic E-state index is 12.3. The zero-order chi connectivity index (χ0) is 31.9. The molecule has 216 valence electrons. The lowest BCUT2D eigenvalue weighted by molar-refractivity contribution is -0.116. The van der Waals surface area contributed by atoms with Gasteiger partial charge in [0.1, 0.15) is 46.0 Å². The van der Waals surface area contributed by atoms with E-state index < -0.39 is 0 Å². The van der Waals surface area contributed by atoms with Gasteiger partial charge < -0.3 is 27.0 Å². The van der Waals surface area contributed by atoms with E-state index in [1.165, 1.54) is 17.0 Å². The summed E-state index contributed by atoms with van der Waals surface area (Å²) in [4.78, 5) is 43.6. The number of benzene rings is 1. The molecule has 0 saturated carbocycles. The van der Waals surface area contributed by atoms with Gasteiger partial charge in [0.15, 0.2) is 0 Å². The molecule has 2 aromatic heterocycles. The summed E-state index contributed by atoms with van der Waals surface area (Å²) in [6.45, 7) is 0. The Labute approximate surface area is 255 Å². The molecule has 0 aliphatic rings. The van der Waals surface area contributed by atoms with Gasteiger partial charge in [-0.1, -0.05) is 23.5 Å². The Balaban J connectivity index is 0.00000119. The summed E-state index contributed by atoms with van der Waals surface area (Å²) in [7, 11) is 3.38. The molecule has 43 heavy (non-hydrogen) atoms. The molecule has 0 fully saturated rings. The molecule has 2 heterocycles. The lowest BCUT2D eigenvalue weighted by Crippen LogP contribution is -2.16. The van der Waals surface area contributed by atoms with Gasteiger partial charge in [-0.05, 0) is 36.4 Å². The van der Waals surface area contributed by atoms with Crippen molar-refractivity contribution in [2.45, 2.75) is 10.1 Å². The number of nitrogens with one attached hydrogen (secondary N) is 2. The van der Waals surface area contributed by atoms with E-state index in [1.54, 1.807) is 38.4 Å². The molecule has 0 bridgehead atoms. The number of pyridine rings is 2. The molecule has 3 rings (SSSR count). The third-order valence-corrected chi connectivity index (χ3v) is 6.84. The lowest BCUT2D eigenvalue weighted by Gasteiger charge is -2.09. The van der Waals surface area contributed by atoms with Crippen molar-refractivity contribution in [3.63, 3.8) is 0 Å². The first-order valence-electron chi connectivity index (χ1n) is 11.8. The topological polar surface area (TPSA) is 251 Å². The number of amides is 3. The number of carbonyl (C=O) groups is 3. The number of nitrogen functional groups attached to an aromatic ring is 2. The lowest BCUT2D eigenvalue weighted by atomic mass is 10.2. The highest BCUT2D eigenvalue weighted by atomic mass is 32.2. The highest BCUT2D eigenvalue weighted by Gasteiger charge is 2.14. The minimum Gasteiger partial charge on any atom is -0.383 e. The Hall–Kier alpha value is -5.81. The molecule has 1 aromatic carbocycles. The van der Waals surface area contributed by atoms with Crippen LogP contribution < -0.4 is 22.1 Å². The number of carbonyl (C=O) groups excluding carboxylic acids is 3. The first-order chi connectivity index (χ1) is 20.5. The summed E-state index contributed by atoms with van der Waals surface area (Å²) in [5.74, 6) is -0.872. The predicted octanol–water partition coefficient (Wildman–Crippen LogP) is 2.29. The molecule has 16 heteroatoms. The normalized spacial score (nSPS) is 9.44.